The Morgan fingerprint density at radius 1 is 1.10 bits per heavy atom. The Morgan fingerprint density at radius 2 is 1.80 bits per heavy atom. The van der Waals surface area contributed by atoms with Gasteiger partial charge in [-0.05, 0) is 40.2 Å². The predicted octanol–water partition coefficient (Wildman–Crippen LogP) is 2.53. The van der Waals surface area contributed by atoms with Crippen LogP contribution >= 0.6 is 27.3 Å². The summed E-state index contributed by atoms with van der Waals surface area (Å²) in [6.07, 6.45) is 0. The van der Waals surface area contributed by atoms with Crippen molar-refractivity contribution in [3.63, 3.8) is 0 Å². The molecule has 0 aliphatic rings. The molecule has 0 aliphatic heterocycles. The number of sulfonamides is 1. The normalized spacial score (nSPS) is 11.1. The second kappa shape index (κ2) is 6.35. The highest BCUT2D eigenvalue weighted by molar-refractivity contribution is 9.11. The molecule has 2 aromatic rings. The maximum absolute atomic E-state index is 11.8. The third kappa shape index (κ3) is 4.04. The zero-order valence-electron chi connectivity index (χ0n) is 9.96. The van der Waals surface area contributed by atoms with Gasteiger partial charge in [-0.2, -0.15) is 0 Å². The number of thiophene rings is 1. The van der Waals surface area contributed by atoms with E-state index in [-0.39, 0.29) is 4.21 Å². The van der Waals surface area contributed by atoms with Gasteiger partial charge in [-0.25, -0.2) is 13.2 Å². The minimum absolute atomic E-state index is 0.101. The Kier molecular flexibility index (Phi) is 4.76. The lowest BCUT2D eigenvalue weighted by Gasteiger charge is -2.08. The van der Waals surface area contributed by atoms with Crippen molar-refractivity contribution in [1.82, 2.24) is 10.3 Å². The van der Waals surface area contributed by atoms with E-state index in [4.69, 9.17) is 0 Å². The van der Waals surface area contributed by atoms with Crippen molar-refractivity contribution >= 4 is 49.0 Å². The van der Waals surface area contributed by atoms with Gasteiger partial charge in [0.2, 0.25) is 0 Å². The lowest BCUT2D eigenvalue weighted by atomic mass is 10.3. The first-order valence-electron chi connectivity index (χ1n) is 5.36. The molecule has 9 heteroatoms. The van der Waals surface area contributed by atoms with Gasteiger partial charge in [-0.1, -0.05) is 18.2 Å². The van der Waals surface area contributed by atoms with Crippen LogP contribution in [0.15, 0.2) is 50.5 Å². The van der Waals surface area contributed by atoms with Gasteiger partial charge in [0.15, 0.2) is 0 Å². The summed E-state index contributed by atoms with van der Waals surface area (Å²) in [5.41, 5.74) is 2.64. The number of halogens is 1. The van der Waals surface area contributed by atoms with Crippen LogP contribution in [-0.2, 0) is 10.0 Å². The molecule has 1 heterocycles. The van der Waals surface area contributed by atoms with Crippen molar-refractivity contribution in [3.05, 3.63) is 46.3 Å². The van der Waals surface area contributed by atoms with E-state index in [9.17, 15) is 13.2 Å². The number of amides is 2. The van der Waals surface area contributed by atoms with Crippen LogP contribution < -0.4 is 15.6 Å². The monoisotopic (exact) mass is 375 g/mol. The summed E-state index contributed by atoms with van der Waals surface area (Å²) in [6.45, 7) is 0. The maximum atomic E-state index is 11.8. The number of hydrogen-bond acceptors (Lipinski definition) is 4. The van der Waals surface area contributed by atoms with Gasteiger partial charge in [0.05, 0.1) is 3.79 Å². The van der Waals surface area contributed by atoms with Crippen molar-refractivity contribution in [2.24, 2.45) is 0 Å². The smallest absolute Gasteiger partial charge is 0.307 e. The van der Waals surface area contributed by atoms with Crippen LogP contribution in [0, 0.1) is 0 Å². The number of para-hydroxylation sites is 1. The van der Waals surface area contributed by atoms with Crippen LogP contribution in [0.4, 0.5) is 10.5 Å². The summed E-state index contributed by atoms with van der Waals surface area (Å²) in [7, 11) is -3.76. The number of nitrogens with one attached hydrogen (secondary N) is 3. The van der Waals surface area contributed by atoms with Gasteiger partial charge in [0, 0.05) is 5.69 Å². The number of anilines is 1. The minimum Gasteiger partial charge on any atom is -0.307 e. The molecule has 1 aromatic carbocycles. The lowest BCUT2D eigenvalue weighted by molar-refractivity contribution is 0.250. The van der Waals surface area contributed by atoms with E-state index >= 15 is 0 Å². The van der Waals surface area contributed by atoms with Gasteiger partial charge < -0.3 is 5.32 Å². The average molecular weight is 376 g/mol. The molecule has 0 atom stereocenters. The largest absolute Gasteiger partial charge is 0.334 e. The first-order chi connectivity index (χ1) is 9.47. The topological polar surface area (TPSA) is 87.3 Å². The number of carbonyl (C=O) groups excluding carboxylic acids is 1. The molecule has 106 valence electrons. The Bertz CT molecular complexity index is 701. The molecule has 0 saturated heterocycles. The lowest BCUT2D eigenvalue weighted by Crippen LogP contribution is -2.43. The maximum Gasteiger partial charge on any atom is 0.334 e. The Morgan fingerprint density at radius 3 is 2.40 bits per heavy atom. The van der Waals surface area contributed by atoms with E-state index in [0.29, 0.717) is 9.47 Å². The van der Waals surface area contributed by atoms with Gasteiger partial charge in [-0.3, -0.25) is 5.43 Å². The molecule has 0 bridgehead atoms. The fourth-order valence-electron chi connectivity index (χ4n) is 1.29. The predicted molar refractivity (Wildman–Crippen MR) is 80.9 cm³/mol. The molecular formula is C11H10BrN3O3S2. The fourth-order valence-corrected chi connectivity index (χ4v) is 4.14. The number of hydrogen-bond donors (Lipinski definition) is 3. The molecule has 0 spiro atoms. The quantitative estimate of drug-likeness (QED) is 0.717. The summed E-state index contributed by atoms with van der Waals surface area (Å²) in [5.74, 6) is 0. The highest BCUT2D eigenvalue weighted by Gasteiger charge is 2.17. The van der Waals surface area contributed by atoms with Gasteiger partial charge in [0.25, 0.3) is 10.0 Å². The van der Waals surface area contributed by atoms with Crippen molar-refractivity contribution in [1.29, 1.82) is 0 Å². The van der Waals surface area contributed by atoms with Crippen molar-refractivity contribution < 1.29 is 13.2 Å². The molecule has 0 radical (unpaired) electrons. The van der Waals surface area contributed by atoms with Crippen molar-refractivity contribution in [2.45, 2.75) is 4.21 Å². The SMILES string of the molecule is O=C(NNS(=O)(=O)c1ccc(Br)s1)Nc1ccccc1. The van der Waals surface area contributed by atoms with Gasteiger partial charge in [0.1, 0.15) is 4.21 Å². The summed E-state index contributed by atoms with van der Waals surface area (Å²) < 4.78 is 24.5. The molecule has 2 rings (SSSR count). The molecule has 0 fully saturated rings. The summed E-state index contributed by atoms with van der Waals surface area (Å²) in [6, 6.07) is 11.1. The van der Waals surface area contributed by atoms with Gasteiger partial charge in [-0.15, -0.1) is 16.2 Å². The molecule has 6 nitrogen and oxygen atoms in total. The zero-order valence-corrected chi connectivity index (χ0v) is 13.2. The third-order valence-electron chi connectivity index (χ3n) is 2.14. The molecule has 0 saturated carbocycles. The molecule has 0 aliphatic carbocycles. The summed E-state index contributed by atoms with van der Waals surface area (Å²) in [4.78, 5) is 13.5. The zero-order chi connectivity index (χ0) is 14.6. The third-order valence-corrected chi connectivity index (χ3v) is 5.51. The molecule has 1 aromatic heterocycles. The number of rotatable bonds is 4. The van der Waals surface area contributed by atoms with E-state index in [1.54, 1.807) is 36.4 Å². The van der Waals surface area contributed by atoms with Crippen LogP contribution in [0.3, 0.4) is 0 Å². The van der Waals surface area contributed by atoms with Gasteiger partial charge >= 0.3 is 6.03 Å². The molecule has 2 amide bonds. The number of hydrazine groups is 1. The van der Waals surface area contributed by atoms with E-state index in [2.05, 4.69) is 26.7 Å². The van der Waals surface area contributed by atoms with E-state index in [1.807, 2.05) is 4.83 Å². The molecule has 0 unspecified atom stereocenters. The first kappa shape index (κ1) is 15.0. The number of benzene rings is 1. The summed E-state index contributed by atoms with van der Waals surface area (Å²) >= 11 is 4.22. The Balaban J connectivity index is 1.93. The summed E-state index contributed by atoms with van der Waals surface area (Å²) in [5, 5.41) is 2.49. The second-order valence-electron chi connectivity index (χ2n) is 3.61. The van der Waals surface area contributed by atoms with E-state index < -0.39 is 16.1 Å². The fraction of sp³-hybridized carbons (Fsp3) is 0. The van der Waals surface area contributed by atoms with Crippen LogP contribution in [0.2, 0.25) is 0 Å². The highest BCUT2D eigenvalue weighted by Crippen LogP contribution is 2.25. The van der Waals surface area contributed by atoms with Crippen LogP contribution in [-0.4, -0.2) is 14.4 Å². The molecule has 3 N–H and O–H groups in total. The molecule has 20 heavy (non-hydrogen) atoms. The number of carbonyl (C=O) groups is 1. The minimum atomic E-state index is -3.76. The number of urea groups is 1. The van der Waals surface area contributed by atoms with Crippen LogP contribution in [0.25, 0.3) is 0 Å². The van der Waals surface area contributed by atoms with Crippen LogP contribution in [0.5, 0.6) is 0 Å². The Labute approximate surface area is 128 Å². The second-order valence-corrected chi connectivity index (χ2v) is 7.98. The van der Waals surface area contributed by atoms with E-state index in [0.717, 1.165) is 11.3 Å². The first-order valence-corrected chi connectivity index (χ1v) is 8.46. The Hall–Kier alpha value is -1.42. The highest BCUT2D eigenvalue weighted by atomic mass is 79.9. The van der Waals surface area contributed by atoms with Crippen molar-refractivity contribution in [2.75, 3.05) is 5.32 Å². The standard InChI is InChI=1S/C11H10BrN3O3S2/c12-9-6-7-10(19-9)20(17,18)15-14-11(16)13-8-4-2-1-3-5-8/h1-7,15H,(H2,13,14,16). The van der Waals surface area contributed by atoms with Crippen LogP contribution in [0.1, 0.15) is 0 Å². The molecular weight excluding hydrogens is 366 g/mol. The van der Waals surface area contributed by atoms with E-state index in [1.165, 1.54) is 6.07 Å². The average Bonchev–Trinajstić information content (AvgIpc) is 2.85. The van der Waals surface area contributed by atoms with Crippen molar-refractivity contribution in [3.8, 4) is 0 Å².